The van der Waals surface area contributed by atoms with Crippen molar-refractivity contribution in [2.24, 2.45) is 0 Å². The van der Waals surface area contributed by atoms with E-state index in [9.17, 15) is 28.3 Å². The van der Waals surface area contributed by atoms with Gasteiger partial charge in [-0.2, -0.15) is 10.2 Å². The van der Waals surface area contributed by atoms with Crippen LogP contribution >= 0.6 is 0 Å². The third-order valence-corrected chi connectivity index (χ3v) is 6.05. The van der Waals surface area contributed by atoms with Crippen LogP contribution < -0.4 is 9.64 Å². The molecule has 178 valence electrons. The zero-order valence-electron chi connectivity index (χ0n) is 18.3. The van der Waals surface area contributed by atoms with Gasteiger partial charge in [0.1, 0.15) is 5.75 Å². The summed E-state index contributed by atoms with van der Waals surface area (Å²) in [5, 5.41) is 22.4. The van der Waals surface area contributed by atoms with Gasteiger partial charge in [0.05, 0.1) is 18.1 Å². The second-order valence-electron chi connectivity index (χ2n) is 8.29. The molecule has 0 fully saturated rings. The van der Waals surface area contributed by atoms with Gasteiger partial charge >= 0.3 is 12.3 Å². The van der Waals surface area contributed by atoms with Crippen molar-refractivity contribution >= 4 is 11.7 Å². The van der Waals surface area contributed by atoms with E-state index in [-0.39, 0.29) is 35.2 Å². The zero-order valence-corrected chi connectivity index (χ0v) is 18.3. The number of carbonyl (C=O) groups is 1. The van der Waals surface area contributed by atoms with Crippen LogP contribution in [-0.2, 0) is 4.79 Å². The van der Waals surface area contributed by atoms with Crippen molar-refractivity contribution < 1.29 is 32.3 Å². The number of nitrogens with zero attached hydrogens (tertiary/aromatic N) is 4. The number of hydrogen-bond donors (Lipinski definition) is 1. The summed E-state index contributed by atoms with van der Waals surface area (Å²) in [5.74, 6) is -1.28. The Labute approximate surface area is 196 Å². The molecule has 3 aromatic rings. The van der Waals surface area contributed by atoms with Gasteiger partial charge in [0.15, 0.2) is 0 Å². The fourth-order valence-corrected chi connectivity index (χ4v) is 4.71. The molecule has 0 spiro atoms. The molecule has 0 radical (unpaired) electrons. The van der Waals surface area contributed by atoms with E-state index in [1.807, 2.05) is 25.1 Å². The minimum Gasteiger partial charge on any atom is -0.481 e. The van der Waals surface area contributed by atoms with Gasteiger partial charge in [-0.1, -0.05) is 12.1 Å². The van der Waals surface area contributed by atoms with E-state index in [0.29, 0.717) is 12.0 Å². The zero-order chi connectivity index (χ0) is 24.9. The van der Waals surface area contributed by atoms with Crippen molar-refractivity contribution in [1.29, 1.82) is 5.26 Å². The Kier molecular flexibility index (Phi) is 5.24. The molecule has 1 unspecified atom stereocenters. The Morgan fingerprint density at radius 2 is 2.09 bits per heavy atom. The maximum Gasteiger partial charge on any atom is 0.573 e. The third-order valence-electron chi connectivity index (χ3n) is 6.05. The fraction of sp³-hybridized carbons (Fsp3) is 0.250. The molecule has 35 heavy (non-hydrogen) atoms. The number of anilines is 1. The Morgan fingerprint density at radius 1 is 1.29 bits per heavy atom. The summed E-state index contributed by atoms with van der Waals surface area (Å²) in [6, 6.07) is 10.8. The first-order chi connectivity index (χ1) is 16.6. The highest BCUT2D eigenvalue weighted by Crippen LogP contribution is 2.49. The average molecular weight is 482 g/mol. The van der Waals surface area contributed by atoms with E-state index < -0.39 is 18.1 Å². The summed E-state index contributed by atoms with van der Waals surface area (Å²) in [4.78, 5) is 17.7. The van der Waals surface area contributed by atoms with Gasteiger partial charge in [0.2, 0.25) is 5.82 Å². The van der Waals surface area contributed by atoms with Crippen LogP contribution in [0, 0.1) is 11.3 Å². The maximum atomic E-state index is 12.7. The molecule has 1 aromatic heterocycles. The summed E-state index contributed by atoms with van der Waals surface area (Å²) >= 11 is 0. The summed E-state index contributed by atoms with van der Waals surface area (Å²) in [7, 11) is 0. The first kappa shape index (κ1) is 22.5. The first-order valence-corrected chi connectivity index (χ1v) is 10.6. The van der Waals surface area contributed by atoms with Crippen molar-refractivity contribution in [3.63, 3.8) is 0 Å². The lowest BCUT2D eigenvalue weighted by atomic mass is 9.95. The van der Waals surface area contributed by atoms with Crippen LogP contribution in [-0.4, -0.2) is 34.1 Å². The van der Waals surface area contributed by atoms with Crippen LogP contribution in [0.2, 0.25) is 0 Å². The van der Waals surface area contributed by atoms with Gasteiger partial charge in [-0.15, -0.1) is 13.2 Å². The number of hydrogen-bond acceptors (Lipinski definition) is 7. The third kappa shape index (κ3) is 4.19. The number of rotatable bonds is 5. The van der Waals surface area contributed by atoms with Crippen molar-refractivity contribution in [3.8, 4) is 34.7 Å². The molecule has 5 rings (SSSR count). The van der Waals surface area contributed by atoms with Crippen molar-refractivity contribution in [3.05, 3.63) is 58.8 Å². The highest BCUT2D eigenvalue weighted by Gasteiger charge is 2.37. The minimum absolute atomic E-state index is 0.00697. The quantitative estimate of drug-likeness (QED) is 0.526. The minimum atomic E-state index is -4.92. The van der Waals surface area contributed by atoms with Crippen molar-refractivity contribution in [2.45, 2.75) is 32.0 Å². The smallest absolute Gasteiger partial charge is 0.481 e. The predicted molar refractivity (Wildman–Crippen MR) is 116 cm³/mol. The van der Waals surface area contributed by atoms with Crippen LogP contribution in [0.1, 0.15) is 36.8 Å². The number of nitriles is 1. The molecule has 2 aliphatic rings. The molecule has 0 bridgehead atoms. The number of benzene rings is 2. The molecule has 2 aliphatic heterocycles. The number of halogens is 3. The highest BCUT2D eigenvalue weighted by atomic mass is 19.4. The number of carboxylic acid groups (broad SMARTS) is 1. The molecule has 0 saturated carbocycles. The molecule has 11 heteroatoms. The summed E-state index contributed by atoms with van der Waals surface area (Å²) in [6.07, 6.45) is -4.20. The number of fused-ring (bicyclic) bond motifs is 3. The molecule has 2 aromatic carbocycles. The SMILES string of the molecule is CC1C2=C(CC(=O)O)CCN2c2ccc(-c3noc(-c4cc(C#N)cc(OC(F)(F)F)c4)n3)cc21. The molecule has 0 amide bonds. The van der Waals surface area contributed by atoms with Gasteiger partial charge in [-0.05, 0) is 54.0 Å². The molecule has 1 atom stereocenters. The molecule has 1 N–H and O–H groups in total. The van der Waals surface area contributed by atoms with Crippen LogP contribution in [0.4, 0.5) is 18.9 Å². The van der Waals surface area contributed by atoms with Crippen LogP contribution in [0.25, 0.3) is 22.8 Å². The second kappa shape index (κ2) is 8.16. The Morgan fingerprint density at radius 3 is 2.80 bits per heavy atom. The molecule has 0 saturated heterocycles. The number of ether oxygens (including phenoxy) is 1. The summed E-state index contributed by atoms with van der Waals surface area (Å²) in [6.45, 7) is 2.74. The monoisotopic (exact) mass is 482 g/mol. The Hall–Kier alpha value is -4.33. The van der Waals surface area contributed by atoms with Gasteiger partial charge in [-0.25, -0.2) is 0 Å². The fourth-order valence-electron chi connectivity index (χ4n) is 4.71. The van der Waals surface area contributed by atoms with E-state index in [1.54, 1.807) is 6.07 Å². The van der Waals surface area contributed by atoms with Crippen LogP contribution in [0.15, 0.2) is 52.2 Å². The van der Waals surface area contributed by atoms with Crippen molar-refractivity contribution in [2.75, 3.05) is 11.4 Å². The van der Waals surface area contributed by atoms with Gasteiger partial charge in [0, 0.05) is 35.0 Å². The largest absolute Gasteiger partial charge is 0.573 e. The summed E-state index contributed by atoms with van der Waals surface area (Å²) < 4.78 is 47.2. The number of aliphatic carboxylic acids is 1. The average Bonchev–Trinajstić information content (AvgIpc) is 3.49. The van der Waals surface area contributed by atoms with E-state index in [4.69, 9.17) is 4.52 Å². The number of allylic oxidation sites excluding steroid dienone is 1. The second-order valence-corrected chi connectivity index (χ2v) is 8.29. The first-order valence-electron chi connectivity index (χ1n) is 10.6. The molecular formula is C24H17F3N4O4. The lowest BCUT2D eigenvalue weighted by Crippen LogP contribution is -2.17. The molecule has 3 heterocycles. The summed E-state index contributed by atoms with van der Waals surface area (Å²) in [5.41, 5.74) is 4.61. The van der Waals surface area contributed by atoms with E-state index in [2.05, 4.69) is 19.8 Å². The number of alkyl halides is 3. The van der Waals surface area contributed by atoms with E-state index in [1.165, 1.54) is 6.07 Å². The van der Waals surface area contributed by atoms with Crippen LogP contribution in [0.5, 0.6) is 5.75 Å². The van der Waals surface area contributed by atoms with Gasteiger partial charge < -0.3 is 19.3 Å². The standard InChI is InChI=1S/C24H17F3N4O4/c1-12-18-9-15(2-3-19(18)31-5-4-14(21(12)31)10-20(32)33)22-29-23(35-30-22)16-6-13(11-28)7-17(8-16)34-24(25,26)27/h2-3,6-9,12H,4-5,10H2,1H3,(H,32,33). The number of carboxylic acids is 1. The number of aromatic nitrogens is 2. The topological polar surface area (TPSA) is 112 Å². The molecular weight excluding hydrogens is 465 g/mol. The maximum absolute atomic E-state index is 12.7. The lowest BCUT2D eigenvalue weighted by molar-refractivity contribution is -0.274. The Balaban J connectivity index is 1.47. The normalized spacial score (nSPS) is 16.8. The molecule has 0 aliphatic carbocycles. The molecule has 8 nitrogen and oxygen atoms in total. The van der Waals surface area contributed by atoms with Gasteiger partial charge in [0.25, 0.3) is 5.89 Å². The van der Waals surface area contributed by atoms with Crippen molar-refractivity contribution in [1.82, 2.24) is 10.1 Å². The van der Waals surface area contributed by atoms with Gasteiger partial charge in [-0.3, -0.25) is 4.79 Å². The van der Waals surface area contributed by atoms with E-state index in [0.717, 1.165) is 41.2 Å². The predicted octanol–water partition coefficient (Wildman–Crippen LogP) is 5.23. The Bertz CT molecular complexity index is 1420. The van der Waals surface area contributed by atoms with E-state index >= 15 is 0 Å². The highest BCUT2D eigenvalue weighted by molar-refractivity contribution is 5.77. The lowest BCUT2D eigenvalue weighted by Gasteiger charge is -2.16. The van der Waals surface area contributed by atoms with Crippen LogP contribution in [0.3, 0.4) is 0 Å².